The number of nitrogens with one attached hydrogen (secondary N) is 1. The second kappa shape index (κ2) is 10.4. The number of carbonyl (C=O) groups is 1. The van der Waals surface area contributed by atoms with E-state index < -0.39 is 0 Å². The number of hydrogen-bond acceptors (Lipinski definition) is 3. The number of hydrogen-bond donors (Lipinski definition) is 2. The molecule has 1 aromatic rings. The van der Waals surface area contributed by atoms with E-state index in [4.69, 9.17) is 5.73 Å². The van der Waals surface area contributed by atoms with Crippen LogP contribution in [-0.4, -0.2) is 31.6 Å². The molecular weight excluding hydrogens is 401 g/mol. The predicted octanol–water partition coefficient (Wildman–Crippen LogP) is 3.22. The molecule has 1 aromatic carbocycles. The van der Waals surface area contributed by atoms with Crippen molar-refractivity contribution in [1.29, 1.82) is 0 Å². The van der Waals surface area contributed by atoms with E-state index in [1.807, 2.05) is 19.9 Å². The number of amides is 1. The van der Waals surface area contributed by atoms with Gasteiger partial charge in [-0.2, -0.15) is 0 Å². The van der Waals surface area contributed by atoms with Crippen molar-refractivity contribution >= 4 is 52.3 Å². The van der Waals surface area contributed by atoms with Gasteiger partial charge in [-0.15, -0.1) is 24.8 Å². The molecule has 1 saturated heterocycles. The maximum absolute atomic E-state index is 11.9. The Morgan fingerprint density at radius 1 is 1.43 bits per heavy atom. The fourth-order valence-corrected chi connectivity index (χ4v) is 2.94. The van der Waals surface area contributed by atoms with E-state index in [1.165, 1.54) is 5.69 Å². The normalized spacial score (nSPS) is 19.3. The van der Waals surface area contributed by atoms with Gasteiger partial charge in [0.15, 0.2) is 0 Å². The topological polar surface area (TPSA) is 58.4 Å². The molecule has 1 fully saturated rings. The fraction of sp³-hybridized carbons (Fsp3) is 0.562. The summed E-state index contributed by atoms with van der Waals surface area (Å²) in [6, 6.07) is 8.25. The smallest absolute Gasteiger partial charge is 0.224 e. The minimum absolute atomic E-state index is 0. The SMILES string of the molecule is CC(N)C(C)C(=O)NCC1CCN(c2cccc(Br)c2)C1.Cl.Cl. The molecule has 2 rings (SSSR count). The number of halogens is 3. The molecule has 1 amide bonds. The number of benzene rings is 1. The highest BCUT2D eigenvalue weighted by Crippen LogP contribution is 2.25. The van der Waals surface area contributed by atoms with Crippen LogP contribution in [-0.2, 0) is 4.79 Å². The molecule has 132 valence electrons. The maximum atomic E-state index is 11.9. The Kier molecular flexibility index (Phi) is 10.2. The number of carbonyl (C=O) groups excluding carboxylic acids is 1. The van der Waals surface area contributed by atoms with Gasteiger partial charge in [0, 0.05) is 41.8 Å². The number of nitrogens with two attached hydrogens (primary N) is 1. The van der Waals surface area contributed by atoms with Crippen molar-refractivity contribution in [3.63, 3.8) is 0 Å². The van der Waals surface area contributed by atoms with Crippen molar-refractivity contribution in [3.05, 3.63) is 28.7 Å². The molecule has 7 heteroatoms. The maximum Gasteiger partial charge on any atom is 0.224 e. The van der Waals surface area contributed by atoms with E-state index in [1.54, 1.807) is 0 Å². The van der Waals surface area contributed by atoms with Crippen LogP contribution in [0, 0.1) is 11.8 Å². The molecule has 1 aliphatic heterocycles. The van der Waals surface area contributed by atoms with Crippen molar-refractivity contribution in [2.75, 3.05) is 24.5 Å². The molecule has 0 radical (unpaired) electrons. The highest BCUT2D eigenvalue weighted by atomic mass is 79.9. The van der Waals surface area contributed by atoms with Crippen LogP contribution < -0.4 is 16.0 Å². The summed E-state index contributed by atoms with van der Waals surface area (Å²) in [7, 11) is 0. The Morgan fingerprint density at radius 2 is 2.13 bits per heavy atom. The molecule has 3 atom stereocenters. The van der Waals surface area contributed by atoms with E-state index in [0.717, 1.165) is 30.5 Å². The van der Waals surface area contributed by atoms with Gasteiger partial charge in [0.25, 0.3) is 0 Å². The lowest BCUT2D eigenvalue weighted by Gasteiger charge is -2.20. The Morgan fingerprint density at radius 3 is 2.74 bits per heavy atom. The average molecular weight is 427 g/mol. The summed E-state index contributed by atoms with van der Waals surface area (Å²) in [6.45, 7) is 6.51. The zero-order valence-corrected chi connectivity index (χ0v) is 16.7. The monoisotopic (exact) mass is 425 g/mol. The summed E-state index contributed by atoms with van der Waals surface area (Å²) >= 11 is 3.51. The summed E-state index contributed by atoms with van der Waals surface area (Å²) in [4.78, 5) is 14.3. The first-order chi connectivity index (χ1) is 9.97. The molecule has 0 spiro atoms. The minimum atomic E-state index is -0.132. The van der Waals surface area contributed by atoms with Crippen molar-refractivity contribution in [2.45, 2.75) is 26.3 Å². The lowest BCUT2D eigenvalue weighted by atomic mass is 10.0. The molecule has 3 N–H and O–H groups in total. The van der Waals surface area contributed by atoms with E-state index >= 15 is 0 Å². The highest BCUT2D eigenvalue weighted by Gasteiger charge is 2.24. The quantitative estimate of drug-likeness (QED) is 0.759. The third-order valence-electron chi connectivity index (χ3n) is 4.23. The van der Waals surface area contributed by atoms with Gasteiger partial charge in [0.1, 0.15) is 0 Å². The van der Waals surface area contributed by atoms with Gasteiger partial charge in [0.2, 0.25) is 5.91 Å². The Labute approximate surface area is 159 Å². The second-order valence-electron chi connectivity index (χ2n) is 5.97. The second-order valence-corrected chi connectivity index (χ2v) is 6.89. The molecule has 0 bridgehead atoms. The summed E-state index contributed by atoms with van der Waals surface area (Å²) < 4.78 is 1.10. The van der Waals surface area contributed by atoms with E-state index in [2.05, 4.69) is 44.3 Å². The third-order valence-corrected chi connectivity index (χ3v) is 4.72. The first-order valence-electron chi connectivity index (χ1n) is 7.51. The summed E-state index contributed by atoms with van der Waals surface area (Å²) in [6.07, 6.45) is 1.11. The third kappa shape index (κ3) is 6.49. The van der Waals surface area contributed by atoms with Gasteiger partial charge in [0.05, 0.1) is 0 Å². The van der Waals surface area contributed by atoms with Crippen molar-refractivity contribution < 1.29 is 4.79 Å². The standard InChI is InChI=1S/C16H24BrN3O.2ClH/c1-11(12(2)18)16(21)19-9-13-6-7-20(10-13)15-5-3-4-14(17)8-15;;/h3-5,8,11-13H,6-7,9-10,18H2,1-2H3,(H,19,21);2*1H. The average Bonchev–Trinajstić information content (AvgIpc) is 2.92. The Hall–Kier alpha value is -0.490. The zero-order chi connectivity index (χ0) is 15.4. The van der Waals surface area contributed by atoms with Gasteiger partial charge in [-0.05, 0) is 37.5 Å². The van der Waals surface area contributed by atoms with Crippen LogP contribution in [0.1, 0.15) is 20.3 Å². The Balaban J connectivity index is 0.00000242. The molecular formula is C16H26BrCl2N3O. The largest absolute Gasteiger partial charge is 0.371 e. The van der Waals surface area contributed by atoms with Crippen molar-refractivity contribution in [2.24, 2.45) is 17.6 Å². The molecule has 1 heterocycles. The first-order valence-corrected chi connectivity index (χ1v) is 8.30. The van der Waals surface area contributed by atoms with Crippen LogP contribution in [0.3, 0.4) is 0 Å². The van der Waals surface area contributed by atoms with E-state index in [-0.39, 0.29) is 42.7 Å². The van der Waals surface area contributed by atoms with Crippen LogP contribution >= 0.6 is 40.7 Å². The van der Waals surface area contributed by atoms with Gasteiger partial charge in [-0.3, -0.25) is 4.79 Å². The van der Waals surface area contributed by atoms with Crippen LogP contribution in [0.2, 0.25) is 0 Å². The lowest BCUT2D eigenvalue weighted by molar-refractivity contribution is -0.125. The van der Waals surface area contributed by atoms with E-state index in [0.29, 0.717) is 5.92 Å². The van der Waals surface area contributed by atoms with Gasteiger partial charge < -0.3 is 16.0 Å². The van der Waals surface area contributed by atoms with Crippen LogP contribution in [0.5, 0.6) is 0 Å². The van der Waals surface area contributed by atoms with Crippen molar-refractivity contribution in [1.82, 2.24) is 5.32 Å². The fourth-order valence-electron chi connectivity index (χ4n) is 2.55. The summed E-state index contributed by atoms with van der Waals surface area (Å²) in [5.74, 6) is 0.437. The number of nitrogens with zero attached hydrogens (tertiary/aromatic N) is 1. The molecule has 0 aliphatic carbocycles. The molecule has 4 nitrogen and oxygen atoms in total. The van der Waals surface area contributed by atoms with Crippen molar-refractivity contribution in [3.8, 4) is 0 Å². The molecule has 0 saturated carbocycles. The zero-order valence-electron chi connectivity index (χ0n) is 13.5. The number of rotatable bonds is 5. The highest BCUT2D eigenvalue weighted by molar-refractivity contribution is 9.10. The first kappa shape index (κ1) is 22.5. The van der Waals surface area contributed by atoms with E-state index in [9.17, 15) is 4.79 Å². The molecule has 0 aromatic heterocycles. The van der Waals surface area contributed by atoms with Crippen LogP contribution in [0.15, 0.2) is 28.7 Å². The molecule has 23 heavy (non-hydrogen) atoms. The molecule has 3 unspecified atom stereocenters. The van der Waals surface area contributed by atoms with Gasteiger partial charge >= 0.3 is 0 Å². The van der Waals surface area contributed by atoms with Crippen LogP contribution in [0.25, 0.3) is 0 Å². The van der Waals surface area contributed by atoms with Crippen LogP contribution in [0.4, 0.5) is 5.69 Å². The molecule has 1 aliphatic rings. The Bertz CT molecular complexity index is 502. The van der Waals surface area contributed by atoms with Gasteiger partial charge in [-0.1, -0.05) is 28.9 Å². The number of anilines is 1. The summed E-state index contributed by atoms with van der Waals surface area (Å²) in [5.41, 5.74) is 7.00. The minimum Gasteiger partial charge on any atom is -0.371 e. The lowest BCUT2D eigenvalue weighted by Crippen LogP contribution is -2.40. The van der Waals surface area contributed by atoms with Gasteiger partial charge in [-0.25, -0.2) is 0 Å². The summed E-state index contributed by atoms with van der Waals surface area (Å²) in [5, 5.41) is 3.03. The predicted molar refractivity (Wildman–Crippen MR) is 105 cm³/mol.